The highest BCUT2D eigenvalue weighted by atomic mass is 16.5. The van der Waals surface area contributed by atoms with E-state index >= 15 is 0 Å². The predicted molar refractivity (Wildman–Crippen MR) is 65.8 cm³/mol. The van der Waals surface area contributed by atoms with E-state index in [1.807, 2.05) is 27.8 Å². The molecule has 0 aromatic carbocycles. The van der Waals surface area contributed by atoms with Crippen molar-refractivity contribution in [2.45, 2.75) is 33.3 Å². The van der Waals surface area contributed by atoms with Gasteiger partial charge < -0.3 is 19.9 Å². The molecule has 4 heteroatoms. The molecule has 0 amide bonds. The van der Waals surface area contributed by atoms with Crippen molar-refractivity contribution >= 4 is 0 Å². The lowest BCUT2D eigenvalue weighted by Crippen LogP contribution is -2.16. The van der Waals surface area contributed by atoms with Gasteiger partial charge in [0.05, 0.1) is 6.61 Å². The van der Waals surface area contributed by atoms with Crippen molar-refractivity contribution < 1.29 is 14.6 Å². The fraction of sp³-hybridized carbons (Fsp3) is 0.833. The van der Waals surface area contributed by atoms with E-state index in [0.29, 0.717) is 19.0 Å². The third-order valence-electron chi connectivity index (χ3n) is 2.19. The standard InChI is InChI=1S/C12H25NO3/c1-10(2)12(14)11(3)16-8-5-7-15-9-6-13-4/h11,13-14H,5-9H2,1-4H3/t11-/m1/s1. The van der Waals surface area contributed by atoms with E-state index in [1.54, 1.807) is 0 Å². The zero-order chi connectivity index (χ0) is 12.4. The van der Waals surface area contributed by atoms with E-state index in [9.17, 15) is 5.11 Å². The Morgan fingerprint density at radius 3 is 2.50 bits per heavy atom. The Morgan fingerprint density at radius 1 is 1.25 bits per heavy atom. The average Bonchev–Trinajstić information content (AvgIpc) is 2.26. The molecule has 0 fully saturated rings. The Morgan fingerprint density at radius 2 is 1.94 bits per heavy atom. The zero-order valence-electron chi connectivity index (χ0n) is 10.9. The van der Waals surface area contributed by atoms with Gasteiger partial charge in [0.25, 0.3) is 0 Å². The summed E-state index contributed by atoms with van der Waals surface area (Å²) in [5.41, 5.74) is 0.901. The smallest absolute Gasteiger partial charge is 0.119 e. The summed E-state index contributed by atoms with van der Waals surface area (Å²) in [4.78, 5) is 0. The highest BCUT2D eigenvalue weighted by molar-refractivity contribution is 5.04. The van der Waals surface area contributed by atoms with Gasteiger partial charge in [0.2, 0.25) is 0 Å². The second kappa shape index (κ2) is 9.63. The summed E-state index contributed by atoms with van der Waals surface area (Å²) in [5.74, 6) is 0.330. The minimum absolute atomic E-state index is 0.220. The van der Waals surface area contributed by atoms with Crippen molar-refractivity contribution in [3.05, 3.63) is 11.3 Å². The summed E-state index contributed by atoms with van der Waals surface area (Å²) in [7, 11) is 1.90. The Kier molecular flexibility index (Phi) is 9.28. The second-order valence-electron chi connectivity index (χ2n) is 3.97. The molecule has 0 unspecified atom stereocenters. The molecule has 2 N–H and O–H groups in total. The van der Waals surface area contributed by atoms with Crippen LogP contribution in [0.1, 0.15) is 27.2 Å². The van der Waals surface area contributed by atoms with Crippen LogP contribution in [0.2, 0.25) is 0 Å². The van der Waals surface area contributed by atoms with Crippen LogP contribution < -0.4 is 5.32 Å². The summed E-state index contributed by atoms with van der Waals surface area (Å²) >= 11 is 0. The topological polar surface area (TPSA) is 50.7 Å². The van der Waals surface area contributed by atoms with Crippen LogP contribution in [0.5, 0.6) is 0 Å². The number of hydrogen-bond acceptors (Lipinski definition) is 4. The van der Waals surface area contributed by atoms with Crippen molar-refractivity contribution in [3.63, 3.8) is 0 Å². The van der Waals surface area contributed by atoms with Gasteiger partial charge in [-0.05, 0) is 39.8 Å². The molecule has 1 atom stereocenters. The molecule has 4 nitrogen and oxygen atoms in total. The molecule has 0 aliphatic carbocycles. The van der Waals surface area contributed by atoms with Crippen LogP contribution in [0.3, 0.4) is 0 Å². The Hall–Kier alpha value is -0.580. The van der Waals surface area contributed by atoms with Gasteiger partial charge in [-0.25, -0.2) is 0 Å². The molecule has 16 heavy (non-hydrogen) atoms. The van der Waals surface area contributed by atoms with Gasteiger partial charge in [-0.2, -0.15) is 0 Å². The van der Waals surface area contributed by atoms with Crippen LogP contribution in [0.4, 0.5) is 0 Å². The number of allylic oxidation sites excluding steroid dienone is 1. The number of rotatable bonds is 9. The first-order chi connectivity index (χ1) is 7.59. The summed E-state index contributed by atoms with van der Waals surface area (Å²) in [6, 6.07) is 0. The summed E-state index contributed by atoms with van der Waals surface area (Å²) < 4.78 is 10.8. The van der Waals surface area contributed by atoms with Crippen molar-refractivity contribution in [3.8, 4) is 0 Å². The van der Waals surface area contributed by atoms with Crippen LogP contribution in [0.15, 0.2) is 11.3 Å². The van der Waals surface area contributed by atoms with Gasteiger partial charge in [-0.15, -0.1) is 0 Å². The zero-order valence-corrected chi connectivity index (χ0v) is 10.9. The van der Waals surface area contributed by atoms with Crippen molar-refractivity contribution in [2.75, 3.05) is 33.4 Å². The van der Waals surface area contributed by atoms with E-state index < -0.39 is 0 Å². The van der Waals surface area contributed by atoms with Crippen LogP contribution in [-0.4, -0.2) is 44.6 Å². The minimum atomic E-state index is -0.220. The maximum atomic E-state index is 9.58. The van der Waals surface area contributed by atoms with Crippen molar-refractivity contribution in [1.29, 1.82) is 0 Å². The van der Waals surface area contributed by atoms with Gasteiger partial charge in [-0.3, -0.25) is 0 Å². The summed E-state index contributed by atoms with van der Waals surface area (Å²) in [6.07, 6.45) is 0.631. The number of ether oxygens (including phenoxy) is 2. The third-order valence-corrected chi connectivity index (χ3v) is 2.19. The molecule has 0 heterocycles. The van der Waals surface area contributed by atoms with Gasteiger partial charge in [0.1, 0.15) is 11.9 Å². The molecule has 0 spiro atoms. The van der Waals surface area contributed by atoms with Crippen LogP contribution in [-0.2, 0) is 9.47 Å². The molecule has 0 rings (SSSR count). The molecule has 0 aliphatic heterocycles. The number of aliphatic hydroxyl groups is 1. The summed E-state index contributed by atoms with van der Waals surface area (Å²) in [5, 5.41) is 12.6. The quantitative estimate of drug-likeness (QED) is 0.470. The fourth-order valence-electron chi connectivity index (χ4n) is 1.18. The van der Waals surface area contributed by atoms with Crippen LogP contribution in [0, 0.1) is 0 Å². The molecule has 0 aliphatic rings. The fourth-order valence-corrected chi connectivity index (χ4v) is 1.18. The number of hydrogen-bond donors (Lipinski definition) is 2. The lowest BCUT2D eigenvalue weighted by molar-refractivity contribution is 0.0398. The van der Waals surface area contributed by atoms with Gasteiger partial charge in [-0.1, -0.05) is 0 Å². The largest absolute Gasteiger partial charge is 0.510 e. The van der Waals surface area contributed by atoms with E-state index in [4.69, 9.17) is 9.47 Å². The molecule has 0 radical (unpaired) electrons. The van der Waals surface area contributed by atoms with Gasteiger partial charge >= 0.3 is 0 Å². The molecular formula is C12H25NO3. The highest BCUT2D eigenvalue weighted by Gasteiger charge is 2.08. The molecule has 0 bridgehead atoms. The van der Waals surface area contributed by atoms with E-state index in [0.717, 1.165) is 25.1 Å². The molecule has 0 aromatic heterocycles. The lowest BCUT2D eigenvalue weighted by atomic mass is 10.2. The molecule has 0 saturated carbocycles. The summed E-state index contributed by atoms with van der Waals surface area (Å²) in [6.45, 7) is 8.50. The van der Waals surface area contributed by atoms with Gasteiger partial charge in [0, 0.05) is 19.8 Å². The maximum absolute atomic E-state index is 9.58. The lowest BCUT2D eigenvalue weighted by Gasteiger charge is -2.13. The Balaban J connectivity index is 3.42. The maximum Gasteiger partial charge on any atom is 0.119 e. The third kappa shape index (κ3) is 7.68. The monoisotopic (exact) mass is 231 g/mol. The molecule has 0 saturated heterocycles. The Bertz CT molecular complexity index is 200. The molecular weight excluding hydrogens is 206 g/mol. The van der Waals surface area contributed by atoms with Crippen LogP contribution in [0.25, 0.3) is 0 Å². The molecule has 96 valence electrons. The van der Waals surface area contributed by atoms with Gasteiger partial charge in [0.15, 0.2) is 0 Å². The Labute approximate surface area is 98.6 Å². The number of likely N-dealkylation sites (N-methyl/N-ethyl adjacent to an activating group) is 1. The first kappa shape index (κ1) is 15.4. The van der Waals surface area contributed by atoms with E-state index in [-0.39, 0.29) is 6.10 Å². The van der Waals surface area contributed by atoms with Crippen LogP contribution >= 0.6 is 0 Å². The average molecular weight is 231 g/mol. The highest BCUT2D eigenvalue weighted by Crippen LogP contribution is 2.08. The number of aliphatic hydroxyl groups excluding tert-OH is 1. The first-order valence-corrected chi connectivity index (χ1v) is 5.79. The van der Waals surface area contributed by atoms with E-state index in [2.05, 4.69) is 5.32 Å². The normalized spacial score (nSPS) is 12.5. The van der Waals surface area contributed by atoms with E-state index in [1.165, 1.54) is 0 Å². The predicted octanol–water partition coefficient (Wildman–Crippen LogP) is 1.87. The second-order valence-corrected chi connectivity index (χ2v) is 3.97. The SMILES string of the molecule is CNCCOCCCO[C@H](C)C(O)=C(C)C. The molecule has 0 aromatic rings. The minimum Gasteiger partial charge on any atom is -0.510 e. The van der Waals surface area contributed by atoms with Crippen molar-refractivity contribution in [2.24, 2.45) is 0 Å². The number of nitrogens with one attached hydrogen (secondary N) is 1. The first-order valence-electron chi connectivity index (χ1n) is 5.79. The van der Waals surface area contributed by atoms with Crippen molar-refractivity contribution in [1.82, 2.24) is 5.32 Å².